The number of anilines is 1. The van der Waals surface area contributed by atoms with Crippen molar-refractivity contribution in [3.63, 3.8) is 0 Å². The van der Waals surface area contributed by atoms with Crippen LogP contribution in [0.4, 0.5) is 5.69 Å². The number of nitrogens with one attached hydrogen (secondary N) is 2. The third-order valence-electron chi connectivity index (χ3n) is 6.38. The number of aryl methyl sites for hydroxylation is 3. The Morgan fingerprint density at radius 3 is 2.67 bits per heavy atom. The van der Waals surface area contributed by atoms with Gasteiger partial charge in [0, 0.05) is 36.7 Å². The van der Waals surface area contributed by atoms with Gasteiger partial charge < -0.3 is 19.9 Å². The highest BCUT2D eigenvalue weighted by Crippen LogP contribution is 2.24. The van der Waals surface area contributed by atoms with Crippen molar-refractivity contribution in [2.45, 2.75) is 45.6 Å². The van der Waals surface area contributed by atoms with Crippen molar-refractivity contribution < 1.29 is 14.3 Å². The van der Waals surface area contributed by atoms with Crippen LogP contribution in [-0.4, -0.2) is 51.2 Å². The van der Waals surface area contributed by atoms with Gasteiger partial charge in [0.1, 0.15) is 17.4 Å². The maximum Gasteiger partial charge on any atom is 0.253 e. The second-order valence-electron chi connectivity index (χ2n) is 8.45. The van der Waals surface area contributed by atoms with Crippen LogP contribution in [0.25, 0.3) is 11.0 Å². The normalized spacial score (nSPS) is 15.8. The Hall–Kier alpha value is -3.62. The molecule has 3 heterocycles. The lowest BCUT2D eigenvalue weighted by atomic mass is 10.0. The number of hydrogen-bond acceptors (Lipinski definition) is 5. The number of benzene rings is 1. The van der Waals surface area contributed by atoms with Crippen LogP contribution in [0.1, 0.15) is 36.1 Å². The molecule has 1 aromatic carbocycles. The molecule has 0 radical (unpaired) electrons. The average Bonchev–Trinajstić information content (AvgIpc) is 3.39. The van der Waals surface area contributed by atoms with E-state index in [9.17, 15) is 14.4 Å². The van der Waals surface area contributed by atoms with E-state index in [1.165, 1.54) is 0 Å². The minimum Gasteiger partial charge on any atom is -0.497 e. The fraction of sp³-hybridized carbons (Fsp3) is 0.417. The van der Waals surface area contributed by atoms with Gasteiger partial charge in [-0.2, -0.15) is 5.10 Å². The summed E-state index contributed by atoms with van der Waals surface area (Å²) in [5.41, 5.74) is 3.41. The Kier molecular flexibility index (Phi) is 6.22. The van der Waals surface area contributed by atoms with E-state index in [0.29, 0.717) is 42.0 Å². The summed E-state index contributed by atoms with van der Waals surface area (Å²) in [5, 5.41) is 8.19. The van der Waals surface area contributed by atoms with E-state index in [0.717, 1.165) is 23.1 Å². The predicted molar refractivity (Wildman–Crippen MR) is 125 cm³/mol. The second-order valence-corrected chi connectivity index (χ2v) is 8.45. The van der Waals surface area contributed by atoms with Crippen molar-refractivity contribution in [1.29, 1.82) is 0 Å². The molecule has 1 fully saturated rings. The maximum atomic E-state index is 13.0. The van der Waals surface area contributed by atoms with E-state index in [4.69, 9.17) is 4.74 Å². The number of hydrogen-bond donors (Lipinski definition) is 2. The molecule has 9 heteroatoms. The number of aromatic nitrogens is 3. The van der Waals surface area contributed by atoms with E-state index < -0.39 is 6.04 Å². The number of methoxy groups -OCH3 is 1. The first-order valence-corrected chi connectivity index (χ1v) is 11.1. The number of nitrogens with zero attached hydrogens (tertiary/aromatic N) is 3. The zero-order valence-electron chi connectivity index (χ0n) is 19.4. The first kappa shape index (κ1) is 22.6. The molecule has 0 aliphatic carbocycles. The molecule has 1 aliphatic heterocycles. The van der Waals surface area contributed by atoms with Crippen LogP contribution in [0.15, 0.2) is 29.1 Å². The number of carbonyl (C=O) groups excluding carboxylic acids is 2. The standard InChI is InChI=1S/C24H29N5O4/c1-14-18(23(31)26-22-21(14)15(2)27-28(22)3)11-12-20(30)29-13-5-6-19(29)24(32)25-16-7-9-17(33-4)10-8-16/h7-10,19H,5-6,11-13H2,1-4H3,(H,25,32)(H,26,31). The number of pyridine rings is 1. The summed E-state index contributed by atoms with van der Waals surface area (Å²) in [6, 6.07) is 6.57. The lowest BCUT2D eigenvalue weighted by molar-refractivity contribution is -0.136. The highest BCUT2D eigenvalue weighted by Gasteiger charge is 2.34. The first-order valence-electron chi connectivity index (χ1n) is 11.1. The SMILES string of the molecule is COc1ccc(NC(=O)C2CCCN2C(=O)CCc2c(C)c3c(C)nn(C)c3[nH]c2=O)cc1. The summed E-state index contributed by atoms with van der Waals surface area (Å²) in [4.78, 5) is 43.1. The van der Waals surface area contributed by atoms with Crippen molar-refractivity contribution in [2.24, 2.45) is 7.05 Å². The predicted octanol–water partition coefficient (Wildman–Crippen LogP) is 2.45. The molecule has 3 aromatic rings. The van der Waals surface area contributed by atoms with Gasteiger partial charge in [-0.3, -0.25) is 19.1 Å². The lowest BCUT2D eigenvalue weighted by Gasteiger charge is -2.24. The minimum absolute atomic E-state index is 0.121. The number of ether oxygens (including phenoxy) is 1. The molecule has 4 rings (SSSR count). The lowest BCUT2D eigenvalue weighted by Crippen LogP contribution is -2.43. The summed E-state index contributed by atoms with van der Waals surface area (Å²) in [6.45, 7) is 4.33. The highest BCUT2D eigenvalue weighted by molar-refractivity contribution is 5.97. The van der Waals surface area contributed by atoms with Gasteiger partial charge in [0.05, 0.1) is 12.8 Å². The van der Waals surface area contributed by atoms with E-state index in [1.807, 2.05) is 13.8 Å². The van der Waals surface area contributed by atoms with Gasteiger partial charge in [-0.25, -0.2) is 0 Å². The summed E-state index contributed by atoms with van der Waals surface area (Å²) >= 11 is 0. The minimum atomic E-state index is -0.512. The van der Waals surface area contributed by atoms with Crippen molar-refractivity contribution in [2.75, 3.05) is 19.0 Å². The van der Waals surface area contributed by atoms with Crippen molar-refractivity contribution in [3.05, 3.63) is 51.4 Å². The van der Waals surface area contributed by atoms with Gasteiger partial charge in [0.25, 0.3) is 5.56 Å². The number of amides is 2. The summed E-state index contributed by atoms with van der Waals surface area (Å²) in [7, 11) is 3.37. The quantitative estimate of drug-likeness (QED) is 0.598. The molecule has 1 atom stereocenters. The zero-order chi connectivity index (χ0) is 23.7. The molecule has 2 aromatic heterocycles. The monoisotopic (exact) mass is 451 g/mol. The fourth-order valence-corrected chi connectivity index (χ4v) is 4.67. The van der Waals surface area contributed by atoms with Crippen LogP contribution in [0.2, 0.25) is 0 Å². The van der Waals surface area contributed by atoms with Gasteiger partial charge in [0.2, 0.25) is 11.8 Å². The number of rotatable bonds is 6. The van der Waals surface area contributed by atoms with E-state index >= 15 is 0 Å². The van der Waals surface area contributed by atoms with E-state index in [-0.39, 0.29) is 23.8 Å². The van der Waals surface area contributed by atoms with Crippen LogP contribution in [-0.2, 0) is 23.1 Å². The Labute approximate surface area is 191 Å². The van der Waals surface area contributed by atoms with E-state index in [1.54, 1.807) is 48.0 Å². The Morgan fingerprint density at radius 2 is 1.97 bits per heavy atom. The first-order chi connectivity index (χ1) is 15.8. The Bertz CT molecular complexity index is 1260. The third-order valence-corrected chi connectivity index (χ3v) is 6.38. The molecule has 2 amide bonds. The van der Waals surface area contributed by atoms with Gasteiger partial charge in [0.15, 0.2) is 0 Å². The maximum absolute atomic E-state index is 13.0. The topological polar surface area (TPSA) is 109 Å². The summed E-state index contributed by atoms with van der Waals surface area (Å²) in [6.07, 6.45) is 1.87. The van der Waals surface area contributed by atoms with Crippen LogP contribution >= 0.6 is 0 Å². The van der Waals surface area contributed by atoms with Gasteiger partial charge in [-0.1, -0.05) is 0 Å². The molecule has 174 valence electrons. The fourth-order valence-electron chi connectivity index (χ4n) is 4.67. The smallest absolute Gasteiger partial charge is 0.253 e. The number of H-pyrrole nitrogens is 1. The molecule has 2 N–H and O–H groups in total. The number of fused-ring (bicyclic) bond motifs is 1. The Balaban J connectivity index is 1.45. The van der Waals surface area contributed by atoms with Crippen LogP contribution in [0, 0.1) is 13.8 Å². The molecule has 33 heavy (non-hydrogen) atoms. The molecule has 0 spiro atoms. The van der Waals surface area contributed by atoms with Gasteiger partial charge >= 0.3 is 0 Å². The average molecular weight is 452 g/mol. The van der Waals surface area contributed by atoms with Gasteiger partial charge in [-0.15, -0.1) is 0 Å². The van der Waals surface area contributed by atoms with Crippen LogP contribution < -0.4 is 15.6 Å². The Morgan fingerprint density at radius 1 is 1.24 bits per heavy atom. The molecular formula is C24H29N5O4. The second kappa shape index (κ2) is 9.09. The number of aromatic amines is 1. The summed E-state index contributed by atoms with van der Waals surface area (Å²) < 4.78 is 6.80. The van der Waals surface area contributed by atoms with Crippen LogP contribution in [0.5, 0.6) is 5.75 Å². The largest absolute Gasteiger partial charge is 0.497 e. The van der Waals surface area contributed by atoms with E-state index in [2.05, 4.69) is 15.4 Å². The third kappa shape index (κ3) is 4.35. The molecular weight excluding hydrogens is 422 g/mol. The molecule has 1 aliphatic rings. The molecule has 0 saturated carbocycles. The molecule has 1 unspecified atom stereocenters. The van der Waals surface area contributed by atoms with Gasteiger partial charge in [-0.05, 0) is 62.9 Å². The number of carbonyl (C=O) groups is 2. The van der Waals surface area contributed by atoms with Crippen LogP contribution in [0.3, 0.4) is 0 Å². The highest BCUT2D eigenvalue weighted by atomic mass is 16.5. The van der Waals surface area contributed by atoms with Crippen molar-refractivity contribution in [1.82, 2.24) is 19.7 Å². The molecule has 1 saturated heterocycles. The summed E-state index contributed by atoms with van der Waals surface area (Å²) in [5.74, 6) is 0.382. The van der Waals surface area contributed by atoms with Crippen molar-refractivity contribution >= 4 is 28.5 Å². The zero-order valence-corrected chi connectivity index (χ0v) is 19.4. The van der Waals surface area contributed by atoms with Crippen molar-refractivity contribution in [3.8, 4) is 5.75 Å². The number of likely N-dealkylation sites (tertiary alicyclic amines) is 1. The molecule has 9 nitrogen and oxygen atoms in total. The molecule has 0 bridgehead atoms.